The molecule has 0 aliphatic rings. The molecule has 0 atom stereocenters. The molecule has 0 unspecified atom stereocenters. The Hall–Kier alpha value is -2.98. The minimum atomic E-state index is -4.32. The fraction of sp³-hybridized carbons (Fsp3) is 0.125. The normalized spacial score (nSPS) is 11.4. The molecule has 3 aromatic rings. The van der Waals surface area contributed by atoms with E-state index >= 15 is 0 Å². The van der Waals surface area contributed by atoms with Crippen LogP contribution in [-0.2, 0) is 10.1 Å². The lowest BCUT2D eigenvalue weighted by molar-refractivity contribution is -0.385. The van der Waals surface area contributed by atoms with Crippen LogP contribution in [0.4, 0.5) is 5.69 Å². The quantitative estimate of drug-likeness (QED) is 0.355. The third-order valence-corrected chi connectivity index (χ3v) is 5.24. The van der Waals surface area contributed by atoms with Crippen LogP contribution in [0.2, 0.25) is 5.02 Å². The van der Waals surface area contributed by atoms with Crippen molar-refractivity contribution < 1.29 is 22.0 Å². The summed E-state index contributed by atoms with van der Waals surface area (Å²) in [4.78, 5) is 14.0. The highest BCUT2D eigenvalue weighted by molar-refractivity contribution is 7.87. The number of aryl methyl sites for hydroxylation is 1. The fourth-order valence-electron chi connectivity index (χ4n) is 2.23. The zero-order valence-corrected chi connectivity index (χ0v) is 15.6. The number of nitrogens with zero attached hydrogens (tertiary/aromatic N) is 3. The first-order chi connectivity index (χ1) is 12.7. The molecule has 9 nitrogen and oxygen atoms in total. The second kappa shape index (κ2) is 6.97. The minimum absolute atomic E-state index is 0.0123. The first-order valence-electron chi connectivity index (χ1n) is 7.47. The van der Waals surface area contributed by atoms with Crippen molar-refractivity contribution in [2.45, 2.75) is 18.7 Å². The van der Waals surface area contributed by atoms with Gasteiger partial charge >= 0.3 is 10.1 Å². The van der Waals surface area contributed by atoms with Crippen molar-refractivity contribution in [1.29, 1.82) is 0 Å². The molecule has 0 aliphatic heterocycles. The Morgan fingerprint density at radius 3 is 2.41 bits per heavy atom. The topological polar surface area (TPSA) is 125 Å². The van der Waals surface area contributed by atoms with Crippen molar-refractivity contribution in [1.82, 2.24) is 10.1 Å². The maximum absolute atomic E-state index is 12.5. The smallest absolute Gasteiger partial charge is 0.339 e. The zero-order chi connectivity index (χ0) is 19.8. The number of hydrogen-bond acceptors (Lipinski definition) is 8. The lowest BCUT2D eigenvalue weighted by Gasteiger charge is -2.09. The van der Waals surface area contributed by atoms with E-state index in [4.69, 9.17) is 20.3 Å². The molecule has 0 N–H and O–H groups in total. The van der Waals surface area contributed by atoms with Crippen molar-refractivity contribution in [2.75, 3.05) is 0 Å². The van der Waals surface area contributed by atoms with E-state index in [1.807, 2.05) is 0 Å². The van der Waals surface area contributed by atoms with Crippen LogP contribution < -0.4 is 4.18 Å². The van der Waals surface area contributed by atoms with E-state index in [-0.39, 0.29) is 16.3 Å². The number of nitro groups is 1. The van der Waals surface area contributed by atoms with Gasteiger partial charge in [-0.05, 0) is 37.3 Å². The number of benzene rings is 2. The maximum Gasteiger partial charge on any atom is 0.339 e. The highest BCUT2D eigenvalue weighted by Crippen LogP contribution is 2.31. The molecule has 3 rings (SSSR count). The third-order valence-electron chi connectivity index (χ3n) is 3.62. The number of hydrogen-bond donors (Lipinski definition) is 0. The summed E-state index contributed by atoms with van der Waals surface area (Å²) in [6.45, 7) is 3.07. The summed E-state index contributed by atoms with van der Waals surface area (Å²) in [7, 11) is -4.32. The van der Waals surface area contributed by atoms with Gasteiger partial charge in [-0.25, -0.2) is 0 Å². The number of rotatable bonds is 5. The Bertz CT molecular complexity index is 1130. The van der Waals surface area contributed by atoms with E-state index in [1.165, 1.54) is 19.1 Å². The van der Waals surface area contributed by atoms with Crippen LogP contribution >= 0.6 is 11.6 Å². The van der Waals surface area contributed by atoms with E-state index in [9.17, 15) is 18.5 Å². The maximum atomic E-state index is 12.5. The molecule has 1 heterocycles. The average molecular weight is 410 g/mol. The van der Waals surface area contributed by atoms with Gasteiger partial charge in [-0.3, -0.25) is 10.1 Å². The first kappa shape index (κ1) is 18.8. The van der Waals surface area contributed by atoms with Crippen molar-refractivity contribution in [2.24, 2.45) is 0 Å². The van der Waals surface area contributed by atoms with Crippen molar-refractivity contribution in [3.63, 3.8) is 0 Å². The summed E-state index contributed by atoms with van der Waals surface area (Å²) < 4.78 is 34.8. The number of halogens is 1. The molecule has 0 radical (unpaired) electrons. The van der Waals surface area contributed by atoms with Gasteiger partial charge in [0.25, 0.3) is 5.69 Å². The molecular formula is C16H12ClN3O6S. The van der Waals surface area contributed by atoms with Gasteiger partial charge in [0.2, 0.25) is 11.7 Å². The van der Waals surface area contributed by atoms with Gasteiger partial charge in [0.1, 0.15) is 10.6 Å². The Labute approximate surface area is 158 Å². The van der Waals surface area contributed by atoms with Gasteiger partial charge in [-0.2, -0.15) is 13.4 Å². The van der Waals surface area contributed by atoms with Gasteiger partial charge in [-0.1, -0.05) is 16.8 Å². The zero-order valence-electron chi connectivity index (χ0n) is 14.0. The van der Waals surface area contributed by atoms with E-state index in [1.54, 1.807) is 19.1 Å². The lowest BCUT2D eigenvalue weighted by atomic mass is 10.2. The monoisotopic (exact) mass is 409 g/mol. The number of nitro benzene ring substituents is 1. The van der Waals surface area contributed by atoms with Crippen LogP contribution in [0.15, 0.2) is 45.8 Å². The molecule has 0 aliphatic carbocycles. The van der Waals surface area contributed by atoms with E-state index < -0.39 is 25.6 Å². The molecule has 2 aromatic carbocycles. The minimum Gasteiger partial charge on any atom is -0.379 e. The van der Waals surface area contributed by atoms with Gasteiger partial charge in [0.05, 0.1) is 9.95 Å². The van der Waals surface area contributed by atoms with Crippen LogP contribution in [0.1, 0.15) is 11.5 Å². The molecule has 140 valence electrons. The fourth-order valence-corrected chi connectivity index (χ4v) is 3.48. The largest absolute Gasteiger partial charge is 0.379 e. The summed E-state index contributed by atoms with van der Waals surface area (Å²) in [5.41, 5.74) is 0.360. The standard InChI is InChI=1S/C16H12ClN3O6S/c1-9-14(17)7-13(8-15(9)20(21)22)27(23,24)26-12-5-3-11(4-6-12)16-18-10(2)25-19-16/h3-8H,1-2H3. The van der Waals surface area contributed by atoms with Crippen molar-refractivity contribution >= 4 is 27.4 Å². The molecule has 11 heteroatoms. The highest BCUT2D eigenvalue weighted by Gasteiger charge is 2.24. The Morgan fingerprint density at radius 1 is 1.19 bits per heavy atom. The second-order valence-electron chi connectivity index (χ2n) is 5.51. The molecule has 1 aromatic heterocycles. The Kier molecular flexibility index (Phi) is 4.85. The molecule has 0 saturated heterocycles. The van der Waals surface area contributed by atoms with Gasteiger partial charge in [0, 0.05) is 24.1 Å². The summed E-state index contributed by atoms with van der Waals surface area (Å²) in [5.74, 6) is 0.756. The van der Waals surface area contributed by atoms with E-state index in [0.717, 1.165) is 12.1 Å². The van der Waals surface area contributed by atoms with Crippen molar-refractivity contribution in [3.05, 3.63) is 63.0 Å². The summed E-state index contributed by atoms with van der Waals surface area (Å²) in [5, 5.41) is 14.8. The molecule has 0 spiro atoms. The van der Waals surface area contributed by atoms with Crippen LogP contribution in [0, 0.1) is 24.0 Å². The molecule has 0 fully saturated rings. The summed E-state index contributed by atoms with van der Waals surface area (Å²) in [6.07, 6.45) is 0. The number of aromatic nitrogens is 2. The summed E-state index contributed by atoms with van der Waals surface area (Å²) in [6, 6.07) is 7.94. The van der Waals surface area contributed by atoms with Gasteiger partial charge in [0.15, 0.2) is 0 Å². The van der Waals surface area contributed by atoms with Gasteiger partial charge in [-0.15, -0.1) is 0 Å². The molecule has 27 heavy (non-hydrogen) atoms. The molecular weight excluding hydrogens is 398 g/mol. The van der Waals surface area contributed by atoms with Crippen LogP contribution in [0.5, 0.6) is 5.75 Å². The Morgan fingerprint density at radius 2 is 1.85 bits per heavy atom. The lowest BCUT2D eigenvalue weighted by Crippen LogP contribution is -2.10. The summed E-state index contributed by atoms with van der Waals surface area (Å²) >= 11 is 5.92. The van der Waals surface area contributed by atoms with Gasteiger partial charge < -0.3 is 8.71 Å². The molecule has 0 bridgehead atoms. The van der Waals surface area contributed by atoms with Crippen molar-refractivity contribution in [3.8, 4) is 17.1 Å². The van der Waals surface area contributed by atoms with Crippen LogP contribution in [0.25, 0.3) is 11.4 Å². The second-order valence-corrected chi connectivity index (χ2v) is 7.46. The molecule has 0 amide bonds. The Balaban J connectivity index is 1.90. The third kappa shape index (κ3) is 3.91. The van der Waals surface area contributed by atoms with E-state index in [2.05, 4.69) is 10.1 Å². The predicted octanol–water partition coefficient (Wildman–Crippen LogP) is 3.68. The van der Waals surface area contributed by atoms with Crippen LogP contribution in [-0.4, -0.2) is 23.5 Å². The SMILES string of the molecule is Cc1nc(-c2ccc(OS(=O)(=O)c3cc(Cl)c(C)c([N+](=O)[O-])c3)cc2)no1. The van der Waals surface area contributed by atoms with Crippen LogP contribution in [0.3, 0.4) is 0 Å². The average Bonchev–Trinajstić information content (AvgIpc) is 3.03. The first-order valence-corrected chi connectivity index (χ1v) is 9.26. The predicted molar refractivity (Wildman–Crippen MR) is 95.1 cm³/mol. The highest BCUT2D eigenvalue weighted by atomic mass is 35.5. The molecule has 0 saturated carbocycles. The van der Waals surface area contributed by atoms with E-state index in [0.29, 0.717) is 17.3 Å².